The summed E-state index contributed by atoms with van der Waals surface area (Å²) in [6.07, 6.45) is 3.69. The molecule has 1 aromatic carbocycles. The third-order valence-corrected chi connectivity index (χ3v) is 5.86. The molecule has 1 aromatic rings. The number of anilines is 1. The van der Waals surface area contributed by atoms with Crippen molar-refractivity contribution in [2.45, 2.75) is 45.6 Å². The van der Waals surface area contributed by atoms with Gasteiger partial charge in [-0.1, -0.05) is 54.6 Å². The van der Waals surface area contributed by atoms with Gasteiger partial charge in [0, 0.05) is 42.7 Å². The van der Waals surface area contributed by atoms with Gasteiger partial charge in [-0.25, -0.2) is 0 Å². The Hall–Kier alpha value is -0.820. The minimum atomic E-state index is -0.229. The number of alkyl halides is 1. The topological polar surface area (TPSA) is 41.6 Å². The largest absolute Gasteiger partial charge is 0.462 e. The number of cyclic esters (lactones) is 1. The summed E-state index contributed by atoms with van der Waals surface area (Å²) in [6.45, 7) is 8.20. The number of esters is 1. The number of nitrogens with one attached hydrogen (secondary N) is 1. The van der Waals surface area contributed by atoms with Gasteiger partial charge in [0.05, 0.1) is 5.41 Å². The molecule has 1 unspecified atom stereocenters. The Kier molecular flexibility index (Phi) is 8.49. The molecule has 4 nitrogen and oxygen atoms in total. The van der Waals surface area contributed by atoms with Gasteiger partial charge in [0.2, 0.25) is 0 Å². The Balaban J connectivity index is 1.76. The quantitative estimate of drug-likeness (QED) is 0.304. The molecule has 0 radical (unpaired) electrons. The van der Waals surface area contributed by atoms with E-state index in [1.165, 1.54) is 0 Å². The summed E-state index contributed by atoms with van der Waals surface area (Å²) in [5, 5.41) is 3.47. The zero-order valence-electron chi connectivity index (χ0n) is 15.5. The fourth-order valence-corrected chi connectivity index (χ4v) is 4.20. The molecule has 0 bridgehead atoms. The van der Waals surface area contributed by atoms with Crippen molar-refractivity contribution in [2.24, 2.45) is 5.41 Å². The first kappa shape index (κ1) is 20.5. The van der Waals surface area contributed by atoms with Crippen molar-refractivity contribution in [3.63, 3.8) is 0 Å². The molecule has 25 heavy (non-hydrogen) atoms. The maximum atomic E-state index is 12.2. The predicted octanol–water partition coefficient (Wildman–Crippen LogP) is 4.35. The van der Waals surface area contributed by atoms with E-state index >= 15 is 0 Å². The number of halogens is 1. The lowest BCUT2D eigenvalue weighted by atomic mass is 9.79. The van der Waals surface area contributed by atoms with E-state index < -0.39 is 0 Å². The van der Waals surface area contributed by atoms with Gasteiger partial charge in [0.25, 0.3) is 0 Å². The van der Waals surface area contributed by atoms with Crippen LogP contribution in [0.2, 0.25) is 0 Å². The zero-order chi connectivity index (χ0) is 18.1. The second-order valence-corrected chi connectivity index (χ2v) is 7.91. The van der Waals surface area contributed by atoms with Crippen LogP contribution in [-0.2, 0) is 9.53 Å². The second-order valence-electron chi connectivity index (χ2n) is 6.83. The lowest BCUT2D eigenvalue weighted by molar-refractivity contribution is -0.149. The molecule has 1 aliphatic heterocycles. The van der Waals surface area contributed by atoms with E-state index in [9.17, 15) is 4.79 Å². The minimum Gasteiger partial charge on any atom is -0.462 e. The molecular weight excluding hydrogens is 427 g/mol. The van der Waals surface area contributed by atoms with Crippen LogP contribution >= 0.6 is 22.6 Å². The monoisotopic (exact) mass is 458 g/mol. The van der Waals surface area contributed by atoms with Crippen molar-refractivity contribution >= 4 is 34.2 Å². The molecule has 1 N–H and O–H groups in total. The number of hydrogen-bond acceptors (Lipinski definition) is 4. The van der Waals surface area contributed by atoms with E-state index in [2.05, 4.69) is 58.8 Å². The van der Waals surface area contributed by atoms with Crippen LogP contribution in [0.15, 0.2) is 30.3 Å². The molecule has 1 fully saturated rings. The Morgan fingerprint density at radius 3 is 2.52 bits per heavy atom. The van der Waals surface area contributed by atoms with E-state index in [0.29, 0.717) is 0 Å². The van der Waals surface area contributed by atoms with Gasteiger partial charge in [-0.05, 0) is 31.4 Å². The Morgan fingerprint density at radius 2 is 1.92 bits per heavy atom. The van der Waals surface area contributed by atoms with E-state index in [0.717, 1.165) is 62.0 Å². The lowest BCUT2D eigenvalue weighted by Crippen LogP contribution is -2.33. The predicted molar refractivity (Wildman–Crippen MR) is 112 cm³/mol. The molecule has 0 spiro atoms. The number of carbonyl (C=O) groups is 1. The Morgan fingerprint density at radius 1 is 1.20 bits per heavy atom. The third kappa shape index (κ3) is 5.84. The summed E-state index contributed by atoms with van der Waals surface area (Å²) < 4.78 is 6.79. The summed E-state index contributed by atoms with van der Waals surface area (Å²) >= 11 is 2.43. The number of nitrogens with zero attached hydrogens (tertiary/aromatic N) is 1. The fraction of sp³-hybridized carbons (Fsp3) is 0.650. The maximum absolute atomic E-state index is 12.2. The van der Waals surface area contributed by atoms with E-state index in [-0.39, 0.29) is 17.5 Å². The molecule has 0 aromatic heterocycles. The van der Waals surface area contributed by atoms with Crippen molar-refractivity contribution in [2.75, 3.05) is 35.9 Å². The first-order valence-corrected chi connectivity index (χ1v) is 10.9. The van der Waals surface area contributed by atoms with Crippen LogP contribution in [0.3, 0.4) is 0 Å². The Labute approximate surface area is 165 Å². The smallest absolute Gasteiger partial charge is 0.312 e. The molecule has 0 amide bonds. The first-order chi connectivity index (χ1) is 12.1. The van der Waals surface area contributed by atoms with Crippen LogP contribution in [0.4, 0.5) is 5.69 Å². The SMILES string of the molecule is CCC1(CC)CC(CCN(CCI)CCNc2ccccc2)OC1=O. The van der Waals surface area contributed by atoms with Crippen LogP contribution in [0.25, 0.3) is 0 Å². The minimum absolute atomic E-state index is 0.0219. The highest BCUT2D eigenvalue weighted by Gasteiger charge is 2.46. The molecule has 0 saturated carbocycles. The van der Waals surface area contributed by atoms with E-state index in [1.807, 2.05) is 18.2 Å². The molecular formula is C20H31IN2O2. The number of hydrogen-bond donors (Lipinski definition) is 1. The molecule has 1 saturated heterocycles. The van der Waals surface area contributed by atoms with Crippen molar-refractivity contribution in [3.05, 3.63) is 30.3 Å². The molecule has 0 aliphatic carbocycles. The average molecular weight is 458 g/mol. The van der Waals surface area contributed by atoms with E-state index in [4.69, 9.17) is 4.74 Å². The highest BCUT2D eigenvalue weighted by atomic mass is 127. The number of benzene rings is 1. The number of carbonyl (C=O) groups excluding carboxylic acids is 1. The van der Waals surface area contributed by atoms with Crippen LogP contribution in [0, 0.1) is 5.41 Å². The fourth-order valence-electron chi connectivity index (χ4n) is 3.52. The van der Waals surface area contributed by atoms with Crippen LogP contribution in [0.1, 0.15) is 39.5 Å². The van der Waals surface area contributed by atoms with Crippen LogP contribution in [-0.4, -0.2) is 47.6 Å². The average Bonchev–Trinajstić information content (AvgIpc) is 2.96. The van der Waals surface area contributed by atoms with Gasteiger partial charge in [-0.15, -0.1) is 0 Å². The normalized spacial score (nSPS) is 19.2. The highest BCUT2D eigenvalue weighted by Crippen LogP contribution is 2.41. The lowest BCUT2D eigenvalue weighted by Gasteiger charge is -2.23. The second kappa shape index (κ2) is 10.4. The maximum Gasteiger partial charge on any atom is 0.312 e. The molecule has 2 rings (SSSR count). The first-order valence-electron chi connectivity index (χ1n) is 9.42. The van der Waals surface area contributed by atoms with Gasteiger partial charge in [-0.2, -0.15) is 0 Å². The van der Waals surface area contributed by atoms with Gasteiger partial charge >= 0.3 is 5.97 Å². The van der Waals surface area contributed by atoms with Crippen molar-refractivity contribution in [1.29, 1.82) is 0 Å². The van der Waals surface area contributed by atoms with Gasteiger partial charge in [0.1, 0.15) is 6.10 Å². The van der Waals surface area contributed by atoms with Crippen molar-refractivity contribution in [3.8, 4) is 0 Å². The number of rotatable bonds is 11. The number of ether oxygens (including phenoxy) is 1. The zero-order valence-corrected chi connectivity index (χ0v) is 17.6. The molecule has 1 aliphatic rings. The number of para-hydroxylation sites is 1. The summed E-state index contributed by atoms with van der Waals surface area (Å²) in [4.78, 5) is 14.7. The summed E-state index contributed by atoms with van der Waals surface area (Å²) in [7, 11) is 0. The van der Waals surface area contributed by atoms with E-state index in [1.54, 1.807) is 0 Å². The Bertz CT molecular complexity index is 520. The summed E-state index contributed by atoms with van der Waals surface area (Å²) in [6, 6.07) is 10.3. The molecule has 140 valence electrons. The van der Waals surface area contributed by atoms with Crippen LogP contribution in [0.5, 0.6) is 0 Å². The standard InChI is InChI=1S/C20H31IN2O2/c1-3-20(4-2)16-18(25-19(20)24)10-13-23(14-11-21)15-12-22-17-8-6-5-7-9-17/h5-9,18,22H,3-4,10-16H2,1-2H3. The summed E-state index contributed by atoms with van der Waals surface area (Å²) in [5.41, 5.74) is 0.936. The molecule has 1 atom stereocenters. The third-order valence-electron chi connectivity index (χ3n) is 5.38. The summed E-state index contributed by atoms with van der Waals surface area (Å²) in [5.74, 6) is 0.0219. The highest BCUT2D eigenvalue weighted by molar-refractivity contribution is 14.1. The molecule has 5 heteroatoms. The van der Waals surface area contributed by atoms with Gasteiger partial charge in [0.15, 0.2) is 0 Å². The van der Waals surface area contributed by atoms with Crippen LogP contribution < -0.4 is 5.32 Å². The van der Waals surface area contributed by atoms with Crippen molar-refractivity contribution < 1.29 is 9.53 Å². The van der Waals surface area contributed by atoms with Crippen molar-refractivity contribution in [1.82, 2.24) is 4.90 Å². The van der Waals surface area contributed by atoms with Gasteiger partial charge < -0.3 is 15.0 Å². The molecule has 1 heterocycles. The van der Waals surface area contributed by atoms with Gasteiger partial charge in [-0.3, -0.25) is 4.79 Å².